The van der Waals surface area contributed by atoms with E-state index in [4.69, 9.17) is 0 Å². The summed E-state index contributed by atoms with van der Waals surface area (Å²) in [6.45, 7) is 0. The Kier molecular flexibility index (Phi) is 2.04. The monoisotopic (exact) mass is 184 g/mol. The van der Waals surface area contributed by atoms with E-state index in [0.717, 1.165) is 10.2 Å². The number of halogens is 1. The van der Waals surface area contributed by atoms with Crippen LogP contribution in [0.4, 0.5) is 0 Å². The molecule has 0 fully saturated rings. The average Bonchev–Trinajstić information content (AvgIpc) is 1.88. The third-order valence-corrected chi connectivity index (χ3v) is 1.53. The van der Waals surface area contributed by atoms with Crippen LogP contribution in [0.15, 0.2) is 28.4 Å². The van der Waals surface area contributed by atoms with Crippen molar-refractivity contribution in [2.24, 2.45) is 0 Å². The highest BCUT2D eigenvalue weighted by atomic mass is 79.9. The topological polar surface area (TPSA) is 12.0 Å². The first-order valence-electron chi connectivity index (χ1n) is 2.68. The Hall–Kier alpha value is -0.590. The SMILES string of the molecule is CNC1=[C+]C=CC(Br)=C1. The van der Waals surface area contributed by atoms with Gasteiger partial charge >= 0.3 is 0 Å². The molecular formula is C7H7BrN+. The van der Waals surface area contributed by atoms with Gasteiger partial charge in [0.05, 0.1) is 18.2 Å². The maximum atomic E-state index is 3.34. The highest BCUT2D eigenvalue weighted by molar-refractivity contribution is 9.11. The van der Waals surface area contributed by atoms with Crippen molar-refractivity contribution < 1.29 is 0 Å². The molecule has 46 valence electrons. The van der Waals surface area contributed by atoms with E-state index in [2.05, 4.69) is 27.3 Å². The third kappa shape index (κ3) is 1.67. The van der Waals surface area contributed by atoms with Crippen molar-refractivity contribution in [2.75, 3.05) is 7.05 Å². The van der Waals surface area contributed by atoms with Crippen molar-refractivity contribution in [3.05, 3.63) is 34.5 Å². The number of nitrogens with one attached hydrogen (secondary N) is 1. The highest BCUT2D eigenvalue weighted by Crippen LogP contribution is 2.12. The van der Waals surface area contributed by atoms with Gasteiger partial charge in [0, 0.05) is 7.05 Å². The molecule has 0 atom stereocenters. The molecule has 1 aliphatic carbocycles. The molecule has 9 heavy (non-hydrogen) atoms. The van der Waals surface area contributed by atoms with Gasteiger partial charge in [-0.2, -0.15) is 0 Å². The molecule has 1 N–H and O–H groups in total. The van der Waals surface area contributed by atoms with Crippen LogP contribution in [0.1, 0.15) is 0 Å². The molecular weight excluding hydrogens is 178 g/mol. The Morgan fingerprint density at radius 1 is 1.67 bits per heavy atom. The second-order valence-corrected chi connectivity index (χ2v) is 2.59. The predicted molar refractivity (Wildman–Crippen MR) is 42.0 cm³/mol. The molecule has 1 nitrogen and oxygen atoms in total. The summed E-state index contributed by atoms with van der Waals surface area (Å²) in [6, 6.07) is 0. The van der Waals surface area contributed by atoms with Crippen LogP contribution in [0.5, 0.6) is 0 Å². The van der Waals surface area contributed by atoms with Crippen LogP contribution in [-0.4, -0.2) is 7.05 Å². The molecule has 0 heterocycles. The highest BCUT2D eigenvalue weighted by Gasteiger charge is 2.04. The van der Waals surface area contributed by atoms with Crippen LogP contribution in [-0.2, 0) is 0 Å². The molecule has 0 amide bonds. The van der Waals surface area contributed by atoms with Gasteiger partial charge in [0.15, 0.2) is 0 Å². The summed E-state index contributed by atoms with van der Waals surface area (Å²) < 4.78 is 1.07. The normalized spacial score (nSPS) is 15.8. The minimum Gasteiger partial charge on any atom is -0.359 e. The molecule has 0 aromatic rings. The van der Waals surface area contributed by atoms with E-state index < -0.39 is 0 Å². The minimum absolute atomic E-state index is 1.00. The van der Waals surface area contributed by atoms with Gasteiger partial charge in [0.2, 0.25) is 5.70 Å². The van der Waals surface area contributed by atoms with Crippen molar-refractivity contribution in [1.82, 2.24) is 5.32 Å². The van der Waals surface area contributed by atoms with E-state index in [1.165, 1.54) is 0 Å². The Labute approximate surface area is 63.3 Å². The number of hydrogen-bond donors (Lipinski definition) is 1. The predicted octanol–water partition coefficient (Wildman–Crippen LogP) is 1.74. The van der Waals surface area contributed by atoms with E-state index in [0.29, 0.717) is 0 Å². The van der Waals surface area contributed by atoms with Gasteiger partial charge in [-0.1, -0.05) is 0 Å². The van der Waals surface area contributed by atoms with Crippen molar-refractivity contribution in [3.63, 3.8) is 0 Å². The largest absolute Gasteiger partial charge is 0.359 e. The summed E-state index contributed by atoms with van der Waals surface area (Å²) in [4.78, 5) is 0. The van der Waals surface area contributed by atoms with Crippen molar-refractivity contribution in [3.8, 4) is 0 Å². The first kappa shape index (κ1) is 6.53. The average molecular weight is 185 g/mol. The number of rotatable bonds is 1. The number of hydrogen-bond acceptors (Lipinski definition) is 1. The Bertz CT molecular complexity index is 189. The summed E-state index contributed by atoms with van der Waals surface area (Å²) in [5.41, 5.74) is 1.00. The minimum atomic E-state index is 1.00. The summed E-state index contributed by atoms with van der Waals surface area (Å²) in [5, 5.41) is 2.98. The van der Waals surface area contributed by atoms with Gasteiger partial charge in [0.1, 0.15) is 10.6 Å². The first-order chi connectivity index (χ1) is 4.33. The summed E-state index contributed by atoms with van der Waals surface area (Å²) in [6.07, 6.45) is 8.81. The molecule has 1 aliphatic rings. The van der Waals surface area contributed by atoms with Crippen LogP contribution < -0.4 is 5.32 Å². The van der Waals surface area contributed by atoms with Crippen molar-refractivity contribution in [1.29, 1.82) is 0 Å². The second kappa shape index (κ2) is 2.81. The van der Waals surface area contributed by atoms with Gasteiger partial charge in [0.25, 0.3) is 0 Å². The van der Waals surface area contributed by atoms with Gasteiger partial charge in [-0.25, -0.2) is 0 Å². The molecule has 0 saturated carbocycles. The van der Waals surface area contributed by atoms with Crippen LogP contribution in [0, 0.1) is 6.08 Å². The molecule has 0 saturated heterocycles. The maximum Gasteiger partial charge on any atom is 0.204 e. The van der Waals surface area contributed by atoms with E-state index in [9.17, 15) is 0 Å². The van der Waals surface area contributed by atoms with Gasteiger partial charge in [-0.05, 0) is 15.9 Å². The lowest BCUT2D eigenvalue weighted by Gasteiger charge is -1.92. The smallest absolute Gasteiger partial charge is 0.204 e. The number of likely N-dealkylation sites (N-methyl/N-ethyl adjacent to an activating group) is 1. The van der Waals surface area contributed by atoms with E-state index in [1.54, 1.807) is 0 Å². The quantitative estimate of drug-likeness (QED) is 0.613. The zero-order chi connectivity index (χ0) is 6.69. The number of allylic oxidation sites excluding steroid dienone is 5. The van der Waals surface area contributed by atoms with Gasteiger partial charge in [-0.15, -0.1) is 0 Å². The van der Waals surface area contributed by atoms with E-state index in [-0.39, 0.29) is 0 Å². The second-order valence-electron chi connectivity index (χ2n) is 1.67. The fraction of sp³-hybridized carbons (Fsp3) is 0.143. The molecule has 0 radical (unpaired) electrons. The van der Waals surface area contributed by atoms with Gasteiger partial charge in [-0.3, -0.25) is 0 Å². The summed E-state index contributed by atoms with van der Waals surface area (Å²) in [7, 11) is 1.87. The lowest BCUT2D eigenvalue weighted by Crippen LogP contribution is -2.04. The molecule has 0 spiro atoms. The van der Waals surface area contributed by atoms with E-state index >= 15 is 0 Å². The summed E-state index contributed by atoms with van der Waals surface area (Å²) in [5.74, 6) is 0. The molecule has 0 aliphatic heterocycles. The third-order valence-electron chi connectivity index (χ3n) is 1.03. The standard InChI is InChI=1S/C7H7BrN/c1-9-7-4-2-3-6(8)5-7/h2-3,5,9H,1H3/q+1. The van der Waals surface area contributed by atoms with Crippen molar-refractivity contribution in [2.45, 2.75) is 0 Å². The van der Waals surface area contributed by atoms with Crippen LogP contribution in [0.2, 0.25) is 0 Å². The fourth-order valence-electron chi connectivity index (χ4n) is 0.583. The molecule has 2 heteroatoms. The van der Waals surface area contributed by atoms with Crippen molar-refractivity contribution >= 4 is 15.9 Å². The van der Waals surface area contributed by atoms with E-state index in [1.807, 2.05) is 25.3 Å². The first-order valence-corrected chi connectivity index (χ1v) is 3.47. The Balaban J connectivity index is 2.78. The van der Waals surface area contributed by atoms with Crippen LogP contribution in [0.3, 0.4) is 0 Å². The fourth-order valence-corrected chi connectivity index (χ4v) is 0.944. The molecule has 0 bridgehead atoms. The molecule has 1 rings (SSSR count). The molecule has 0 unspecified atom stereocenters. The van der Waals surface area contributed by atoms with Crippen LogP contribution in [0.25, 0.3) is 0 Å². The molecule has 0 aromatic heterocycles. The summed E-state index contributed by atoms with van der Waals surface area (Å²) >= 11 is 3.34. The van der Waals surface area contributed by atoms with Crippen LogP contribution >= 0.6 is 15.9 Å². The lowest BCUT2D eigenvalue weighted by atomic mass is 10.2. The Morgan fingerprint density at radius 3 is 2.89 bits per heavy atom. The lowest BCUT2D eigenvalue weighted by molar-refractivity contribution is 1.02. The Morgan fingerprint density at radius 2 is 2.44 bits per heavy atom. The zero-order valence-corrected chi connectivity index (χ0v) is 6.70. The zero-order valence-electron chi connectivity index (χ0n) is 5.11. The van der Waals surface area contributed by atoms with Gasteiger partial charge < -0.3 is 5.32 Å². The maximum absolute atomic E-state index is 3.34. The molecule has 0 aromatic carbocycles.